The predicted octanol–water partition coefficient (Wildman–Crippen LogP) is 0.560. The number of esters is 1. The molecule has 0 amide bonds. The van der Waals surface area contributed by atoms with Gasteiger partial charge in [-0.1, -0.05) is 13.8 Å². The molecule has 0 aromatic heterocycles. The number of carbonyl (C=O) groups excluding carboxylic acids is 3. The summed E-state index contributed by atoms with van der Waals surface area (Å²) in [6.45, 7) is 5.90. The van der Waals surface area contributed by atoms with Gasteiger partial charge in [-0.25, -0.2) is 0 Å². The Bertz CT molecular complexity index is 488. The lowest BCUT2D eigenvalue weighted by molar-refractivity contribution is -0.155. The second-order valence-corrected chi connectivity index (χ2v) is 6.10. The lowest BCUT2D eigenvalue weighted by atomic mass is 9.66. The van der Waals surface area contributed by atoms with E-state index in [-0.39, 0.29) is 17.8 Å². The van der Waals surface area contributed by atoms with Gasteiger partial charge in [0.05, 0.1) is 25.9 Å². The molecule has 0 spiro atoms. The Labute approximate surface area is 124 Å². The van der Waals surface area contributed by atoms with Crippen molar-refractivity contribution >= 4 is 17.5 Å². The maximum atomic E-state index is 12.6. The molecule has 116 valence electrons. The van der Waals surface area contributed by atoms with Crippen LogP contribution in [0.4, 0.5) is 0 Å². The highest BCUT2D eigenvalue weighted by Gasteiger charge is 2.49. The van der Waals surface area contributed by atoms with Gasteiger partial charge in [0.15, 0.2) is 11.6 Å². The van der Waals surface area contributed by atoms with Gasteiger partial charge in [0.1, 0.15) is 5.92 Å². The van der Waals surface area contributed by atoms with Crippen molar-refractivity contribution in [3.05, 3.63) is 11.8 Å². The van der Waals surface area contributed by atoms with E-state index >= 15 is 0 Å². The summed E-state index contributed by atoms with van der Waals surface area (Å²) in [5.74, 6) is -2.15. The summed E-state index contributed by atoms with van der Waals surface area (Å²) in [5.41, 5.74) is -0.615. The third-order valence-corrected chi connectivity index (χ3v) is 4.02. The van der Waals surface area contributed by atoms with Crippen molar-refractivity contribution in [2.24, 2.45) is 11.3 Å². The Morgan fingerprint density at radius 1 is 1.33 bits per heavy atom. The highest BCUT2D eigenvalue weighted by Crippen LogP contribution is 2.39. The lowest BCUT2D eigenvalue weighted by Gasteiger charge is -2.36. The van der Waals surface area contributed by atoms with Gasteiger partial charge in [-0.3, -0.25) is 14.4 Å². The fraction of sp³-hybridized carbons (Fsp3) is 0.667. The molecule has 21 heavy (non-hydrogen) atoms. The number of hydrogen-bond donors (Lipinski definition) is 0. The quantitative estimate of drug-likeness (QED) is 0.321. The van der Waals surface area contributed by atoms with E-state index in [0.717, 1.165) is 0 Å². The van der Waals surface area contributed by atoms with Crippen LogP contribution in [0.3, 0.4) is 0 Å². The first-order valence-corrected chi connectivity index (χ1v) is 7.05. The van der Waals surface area contributed by atoms with Crippen LogP contribution in [-0.2, 0) is 23.9 Å². The molecule has 2 aliphatic rings. The van der Waals surface area contributed by atoms with Crippen LogP contribution < -0.4 is 0 Å². The van der Waals surface area contributed by atoms with E-state index in [9.17, 15) is 14.4 Å². The second kappa shape index (κ2) is 5.97. The van der Waals surface area contributed by atoms with Gasteiger partial charge in [-0.05, 0) is 5.41 Å². The van der Waals surface area contributed by atoms with Crippen LogP contribution in [0.2, 0.25) is 0 Å². The minimum atomic E-state index is -0.924. The number of carbonyl (C=O) groups is 3. The predicted molar refractivity (Wildman–Crippen MR) is 74.4 cm³/mol. The molecule has 1 saturated heterocycles. The minimum absolute atomic E-state index is 0.103. The zero-order valence-corrected chi connectivity index (χ0v) is 12.7. The van der Waals surface area contributed by atoms with Crippen LogP contribution >= 0.6 is 0 Å². The molecule has 0 N–H and O–H groups in total. The summed E-state index contributed by atoms with van der Waals surface area (Å²) in [5, 5.41) is 0. The van der Waals surface area contributed by atoms with Gasteiger partial charge < -0.3 is 14.4 Å². The Morgan fingerprint density at radius 2 is 1.95 bits per heavy atom. The van der Waals surface area contributed by atoms with E-state index in [1.54, 1.807) is 20.0 Å². The topological polar surface area (TPSA) is 72.9 Å². The zero-order valence-electron chi connectivity index (χ0n) is 12.7. The van der Waals surface area contributed by atoms with Crippen LogP contribution in [0.25, 0.3) is 0 Å². The number of Topliss-reactive ketones (excluding diaryl/α,β-unsaturated/α-hetero) is 2. The zero-order chi connectivity index (χ0) is 15.6. The van der Waals surface area contributed by atoms with Crippen LogP contribution in [0.15, 0.2) is 11.8 Å². The van der Waals surface area contributed by atoms with Crippen molar-refractivity contribution in [2.75, 3.05) is 33.4 Å². The molecule has 6 nitrogen and oxygen atoms in total. The van der Waals surface area contributed by atoms with Crippen LogP contribution in [0, 0.1) is 11.3 Å². The van der Waals surface area contributed by atoms with E-state index in [0.29, 0.717) is 26.3 Å². The molecule has 6 heteroatoms. The first-order valence-electron chi connectivity index (χ1n) is 7.05. The maximum Gasteiger partial charge on any atom is 0.317 e. The molecule has 0 aromatic carbocycles. The molecule has 0 unspecified atom stereocenters. The van der Waals surface area contributed by atoms with Gasteiger partial charge in [-0.2, -0.15) is 0 Å². The number of allylic oxidation sites excluding steroid dienone is 1. The second-order valence-electron chi connectivity index (χ2n) is 6.10. The van der Waals surface area contributed by atoms with Crippen molar-refractivity contribution in [3.63, 3.8) is 0 Å². The molecule has 0 radical (unpaired) electrons. The molecule has 0 aromatic rings. The average molecular weight is 295 g/mol. The third kappa shape index (κ3) is 3.15. The molecule has 2 fully saturated rings. The number of nitrogens with zero attached hydrogens (tertiary/aromatic N) is 1. The molecular formula is C15H21NO5. The number of ketones is 2. The van der Waals surface area contributed by atoms with Gasteiger partial charge in [0, 0.05) is 25.7 Å². The molecule has 1 aliphatic heterocycles. The summed E-state index contributed by atoms with van der Waals surface area (Å²) >= 11 is 0. The first kappa shape index (κ1) is 15.7. The van der Waals surface area contributed by atoms with Crippen molar-refractivity contribution in [1.29, 1.82) is 0 Å². The van der Waals surface area contributed by atoms with Crippen LogP contribution in [0.1, 0.15) is 20.3 Å². The van der Waals surface area contributed by atoms with E-state index in [1.165, 1.54) is 7.11 Å². The SMILES string of the molecule is COC(=O)[C@@H]1C(=O)/C(=C/N2CCOCC2)C(=O)CC1(C)C. The minimum Gasteiger partial charge on any atom is -0.468 e. The molecular weight excluding hydrogens is 274 g/mol. The summed E-state index contributed by atoms with van der Waals surface area (Å²) < 4.78 is 9.97. The first-order chi connectivity index (χ1) is 9.86. The van der Waals surface area contributed by atoms with Gasteiger partial charge >= 0.3 is 5.97 Å². The molecule has 1 saturated carbocycles. The molecule has 2 rings (SSSR count). The number of methoxy groups -OCH3 is 1. The monoisotopic (exact) mass is 295 g/mol. The molecule has 1 aliphatic carbocycles. The number of morpholine rings is 1. The fourth-order valence-electron chi connectivity index (χ4n) is 2.83. The Kier molecular flexibility index (Phi) is 4.46. The van der Waals surface area contributed by atoms with Crippen molar-refractivity contribution in [1.82, 2.24) is 4.90 Å². The molecule has 1 atom stereocenters. The van der Waals surface area contributed by atoms with Gasteiger partial charge in [-0.15, -0.1) is 0 Å². The maximum absolute atomic E-state index is 12.6. The normalized spacial score (nSPS) is 27.9. The van der Waals surface area contributed by atoms with Crippen molar-refractivity contribution in [3.8, 4) is 0 Å². The van der Waals surface area contributed by atoms with E-state index in [2.05, 4.69) is 0 Å². The average Bonchev–Trinajstić information content (AvgIpc) is 2.43. The van der Waals surface area contributed by atoms with Crippen molar-refractivity contribution < 1.29 is 23.9 Å². The summed E-state index contributed by atoms with van der Waals surface area (Å²) in [7, 11) is 1.26. The standard InChI is InChI=1S/C15H21NO5/c1-15(2)8-11(17)10(9-16-4-6-21-7-5-16)13(18)12(15)14(19)20-3/h9,12H,4-8H2,1-3H3/b10-9+/t12-/m0/s1. The Balaban J connectivity index is 2.29. The number of ether oxygens (including phenoxy) is 2. The lowest BCUT2D eigenvalue weighted by Crippen LogP contribution is -2.46. The molecule has 0 bridgehead atoms. The van der Waals surface area contributed by atoms with Crippen LogP contribution in [0.5, 0.6) is 0 Å². The number of hydrogen-bond acceptors (Lipinski definition) is 6. The van der Waals surface area contributed by atoms with Gasteiger partial charge in [0.25, 0.3) is 0 Å². The highest BCUT2D eigenvalue weighted by atomic mass is 16.5. The highest BCUT2D eigenvalue weighted by molar-refractivity contribution is 6.27. The third-order valence-electron chi connectivity index (χ3n) is 4.02. The number of rotatable bonds is 2. The summed E-state index contributed by atoms with van der Waals surface area (Å²) in [6.07, 6.45) is 1.74. The fourth-order valence-corrected chi connectivity index (χ4v) is 2.83. The van der Waals surface area contributed by atoms with E-state index < -0.39 is 23.1 Å². The molecule has 1 heterocycles. The Hall–Kier alpha value is -1.69. The summed E-state index contributed by atoms with van der Waals surface area (Å²) in [4.78, 5) is 38.6. The van der Waals surface area contributed by atoms with Crippen LogP contribution in [-0.4, -0.2) is 55.8 Å². The smallest absolute Gasteiger partial charge is 0.317 e. The van der Waals surface area contributed by atoms with E-state index in [4.69, 9.17) is 9.47 Å². The van der Waals surface area contributed by atoms with Gasteiger partial charge in [0.2, 0.25) is 0 Å². The largest absolute Gasteiger partial charge is 0.468 e. The Morgan fingerprint density at radius 3 is 2.52 bits per heavy atom. The summed E-state index contributed by atoms with van der Waals surface area (Å²) in [6, 6.07) is 0. The van der Waals surface area contributed by atoms with Crippen molar-refractivity contribution in [2.45, 2.75) is 20.3 Å². The van der Waals surface area contributed by atoms with E-state index in [1.807, 2.05) is 4.90 Å².